The summed E-state index contributed by atoms with van der Waals surface area (Å²) in [4.78, 5) is 2.53. The lowest BCUT2D eigenvalue weighted by atomic mass is 10.2. The maximum Gasteiger partial charge on any atom is 0.117 e. The average Bonchev–Trinajstić information content (AvgIpc) is 2.82. The maximum atomic E-state index is 5.43. The van der Waals surface area contributed by atoms with Crippen LogP contribution in [0.15, 0.2) is 22.8 Å². The highest BCUT2D eigenvalue weighted by Crippen LogP contribution is 2.09. The van der Waals surface area contributed by atoms with Gasteiger partial charge >= 0.3 is 0 Å². The first-order valence-corrected chi connectivity index (χ1v) is 7.11. The first kappa shape index (κ1) is 14.3. The molecule has 0 saturated heterocycles. The van der Waals surface area contributed by atoms with Gasteiger partial charge < -0.3 is 4.42 Å². The highest BCUT2D eigenvalue weighted by molar-refractivity contribution is 4.97. The van der Waals surface area contributed by atoms with Crippen LogP contribution < -0.4 is 0 Å². The van der Waals surface area contributed by atoms with Crippen LogP contribution in [0.25, 0.3) is 0 Å². The highest BCUT2D eigenvalue weighted by atomic mass is 16.3. The van der Waals surface area contributed by atoms with Gasteiger partial charge in [-0.05, 0) is 38.1 Å². The molecule has 98 valence electrons. The van der Waals surface area contributed by atoms with Gasteiger partial charge in [-0.1, -0.05) is 39.5 Å². The van der Waals surface area contributed by atoms with Crippen LogP contribution in [-0.4, -0.2) is 18.0 Å². The maximum absolute atomic E-state index is 5.43. The van der Waals surface area contributed by atoms with E-state index in [-0.39, 0.29) is 0 Å². The molecule has 1 heterocycles. The Balaban J connectivity index is 2.29. The predicted molar refractivity (Wildman–Crippen MR) is 73.0 cm³/mol. The normalized spacial score (nSPS) is 11.2. The molecule has 0 aromatic carbocycles. The molecule has 2 nitrogen and oxygen atoms in total. The molecule has 0 aliphatic rings. The van der Waals surface area contributed by atoms with Crippen LogP contribution in [0.1, 0.15) is 58.1 Å². The van der Waals surface area contributed by atoms with E-state index in [4.69, 9.17) is 4.42 Å². The van der Waals surface area contributed by atoms with Crippen molar-refractivity contribution in [1.29, 1.82) is 0 Å². The van der Waals surface area contributed by atoms with Crippen molar-refractivity contribution >= 4 is 0 Å². The summed E-state index contributed by atoms with van der Waals surface area (Å²) in [7, 11) is 0. The van der Waals surface area contributed by atoms with Crippen LogP contribution in [-0.2, 0) is 6.54 Å². The number of hydrogen-bond donors (Lipinski definition) is 0. The Morgan fingerprint density at radius 2 is 1.65 bits per heavy atom. The molecule has 0 N–H and O–H groups in total. The van der Waals surface area contributed by atoms with Gasteiger partial charge in [-0.2, -0.15) is 0 Å². The molecule has 0 radical (unpaired) electrons. The summed E-state index contributed by atoms with van der Waals surface area (Å²) in [6.45, 7) is 7.90. The van der Waals surface area contributed by atoms with Gasteiger partial charge in [0.25, 0.3) is 0 Å². The zero-order valence-corrected chi connectivity index (χ0v) is 11.5. The second kappa shape index (κ2) is 9.29. The number of hydrogen-bond acceptors (Lipinski definition) is 2. The number of rotatable bonds is 10. The minimum absolute atomic E-state index is 0.973. The molecule has 1 aromatic rings. The summed E-state index contributed by atoms with van der Waals surface area (Å²) in [6.07, 6.45) is 9.65. The lowest BCUT2D eigenvalue weighted by molar-refractivity contribution is 0.234. The molecule has 0 bridgehead atoms. The molecule has 1 rings (SSSR count). The van der Waals surface area contributed by atoms with Gasteiger partial charge in [-0.3, -0.25) is 4.90 Å². The summed E-state index contributed by atoms with van der Waals surface area (Å²) >= 11 is 0. The monoisotopic (exact) mass is 237 g/mol. The van der Waals surface area contributed by atoms with E-state index in [0.29, 0.717) is 0 Å². The van der Waals surface area contributed by atoms with Crippen LogP contribution in [0.4, 0.5) is 0 Å². The fraction of sp³-hybridized carbons (Fsp3) is 0.733. The predicted octanol–water partition coefficient (Wildman–Crippen LogP) is 4.46. The first-order chi connectivity index (χ1) is 8.36. The minimum Gasteiger partial charge on any atom is -0.468 e. The van der Waals surface area contributed by atoms with Gasteiger partial charge in [-0.15, -0.1) is 0 Å². The summed E-state index contributed by atoms with van der Waals surface area (Å²) in [5, 5.41) is 0. The Bertz CT molecular complexity index is 246. The van der Waals surface area contributed by atoms with E-state index in [1.165, 1.54) is 51.6 Å². The van der Waals surface area contributed by atoms with Crippen molar-refractivity contribution in [3.8, 4) is 0 Å². The van der Waals surface area contributed by atoms with Gasteiger partial charge in [0.05, 0.1) is 12.8 Å². The smallest absolute Gasteiger partial charge is 0.117 e. The fourth-order valence-corrected chi connectivity index (χ4v) is 2.06. The number of furan rings is 1. The Labute approximate surface area is 106 Å². The highest BCUT2D eigenvalue weighted by Gasteiger charge is 2.06. The quantitative estimate of drug-likeness (QED) is 0.558. The van der Waals surface area contributed by atoms with Crippen LogP contribution in [0.3, 0.4) is 0 Å². The van der Waals surface area contributed by atoms with Gasteiger partial charge in [0, 0.05) is 0 Å². The third-order valence-corrected chi connectivity index (χ3v) is 3.12. The van der Waals surface area contributed by atoms with Crippen molar-refractivity contribution in [2.45, 2.75) is 58.9 Å². The Kier molecular flexibility index (Phi) is 7.81. The standard InChI is InChI=1S/C15H27NO/c1-3-5-7-11-16(12-8-6-4-2)14-15-10-9-13-17-15/h9-10,13H,3-8,11-12,14H2,1-2H3. The molecule has 0 spiro atoms. The van der Waals surface area contributed by atoms with E-state index < -0.39 is 0 Å². The largest absolute Gasteiger partial charge is 0.468 e. The SMILES string of the molecule is CCCCCN(CCCCC)Cc1ccco1. The lowest BCUT2D eigenvalue weighted by Crippen LogP contribution is -2.25. The lowest BCUT2D eigenvalue weighted by Gasteiger charge is -2.21. The van der Waals surface area contributed by atoms with Crippen LogP contribution >= 0.6 is 0 Å². The average molecular weight is 237 g/mol. The van der Waals surface area contributed by atoms with Gasteiger partial charge in [0.15, 0.2) is 0 Å². The topological polar surface area (TPSA) is 16.4 Å². The molecule has 0 aliphatic heterocycles. The summed E-state index contributed by atoms with van der Waals surface area (Å²) in [5.41, 5.74) is 0. The molecule has 2 heteroatoms. The fourth-order valence-electron chi connectivity index (χ4n) is 2.06. The van der Waals surface area contributed by atoms with Crippen molar-refractivity contribution in [1.82, 2.24) is 4.90 Å². The minimum atomic E-state index is 0.973. The van der Waals surface area contributed by atoms with Crippen LogP contribution in [0.2, 0.25) is 0 Å². The number of nitrogens with zero attached hydrogens (tertiary/aromatic N) is 1. The van der Waals surface area contributed by atoms with Gasteiger partial charge in [-0.25, -0.2) is 0 Å². The van der Waals surface area contributed by atoms with Crippen molar-refractivity contribution < 1.29 is 4.42 Å². The van der Waals surface area contributed by atoms with E-state index >= 15 is 0 Å². The molecular formula is C15H27NO. The van der Waals surface area contributed by atoms with Gasteiger partial charge in [0.1, 0.15) is 5.76 Å². The zero-order valence-electron chi connectivity index (χ0n) is 11.5. The van der Waals surface area contributed by atoms with E-state index in [9.17, 15) is 0 Å². The molecular weight excluding hydrogens is 210 g/mol. The van der Waals surface area contributed by atoms with E-state index in [2.05, 4.69) is 24.8 Å². The molecule has 0 amide bonds. The second-order valence-electron chi connectivity index (χ2n) is 4.77. The molecule has 0 fully saturated rings. The summed E-state index contributed by atoms with van der Waals surface area (Å²) in [5.74, 6) is 1.10. The van der Waals surface area contributed by atoms with Crippen molar-refractivity contribution in [2.24, 2.45) is 0 Å². The molecule has 0 aliphatic carbocycles. The molecule has 0 unspecified atom stereocenters. The molecule has 17 heavy (non-hydrogen) atoms. The molecule has 1 aromatic heterocycles. The molecule has 0 atom stereocenters. The van der Waals surface area contributed by atoms with Crippen molar-refractivity contribution in [2.75, 3.05) is 13.1 Å². The Hall–Kier alpha value is -0.760. The van der Waals surface area contributed by atoms with E-state index in [0.717, 1.165) is 12.3 Å². The van der Waals surface area contributed by atoms with Crippen LogP contribution in [0.5, 0.6) is 0 Å². The van der Waals surface area contributed by atoms with E-state index in [1.54, 1.807) is 6.26 Å². The van der Waals surface area contributed by atoms with Crippen molar-refractivity contribution in [3.63, 3.8) is 0 Å². The third kappa shape index (κ3) is 6.52. The van der Waals surface area contributed by atoms with E-state index in [1.807, 2.05) is 6.07 Å². The zero-order chi connectivity index (χ0) is 12.3. The summed E-state index contributed by atoms with van der Waals surface area (Å²) in [6, 6.07) is 4.05. The molecule has 0 saturated carbocycles. The second-order valence-corrected chi connectivity index (χ2v) is 4.77. The van der Waals surface area contributed by atoms with Gasteiger partial charge in [0.2, 0.25) is 0 Å². The summed E-state index contributed by atoms with van der Waals surface area (Å²) < 4.78 is 5.43. The first-order valence-electron chi connectivity index (χ1n) is 7.11. The van der Waals surface area contributed by atoms with Crippen molar-refractivity contribution in [3.05, 3.63) is 24.2 Å². The van der Waals surface area contributed by atoms with Crippen LogP contribution in [0, 0.1) is 0 Å². The Morgan fingerprint density at radius 3 is 2.12 bits per heavy atom. The Morgan fingerprint density at radius 1 is 1.00 bits per heavy atom. The number of unbranched alkanes of at least 4 members (excludes halogenated alkanes) is 4. The third-order valence-electron chi connectivity index (χ3n) is 3.12.